The van der Waals surface area contributed by atoms with Crippen molar-refractivity contribution < 1.29 is 63.9 Å². The van der Waals surface area contributed by atoms with Crippen LogP contribution in [0.2, 0.25) is 0 Å². The highest BCUT2D eigenvalue weighted by molar-refractivity contribution is 7.87. The van der Waals surface area contributed by atoms with Gasteiger partial charge in [0.05, 0.1) is 32.0 Å². The van der Waals surface area contributed by atoms with Crippen LogP contribution in [-0.4, -0.2) is 67.7 Å². The summed E-state index contributed by atoms with van der Waals surface area (Å²) < 4.78 is 105. The number of rotatable bonds is 8. The van der Waals surface area contributed by atoms with Crippen molar-refractivity contribution in [3.8, 4) is 0 Å². The summed E-state index contributed by atoms with van der Waals surface area (Å²) in [5, 5.41) is -5.75. The van der Waals surface area contributed by atoms with Crippen LogP contribution in [0.3, 0.4) is 0 Å². The van der Waals surface area contributed by atoms with Crippen molar-refractivity contribution in [3.05, 3.63) is 0 Å². The topological polar surface area (TPSA) is 142 Å². The van der Waals surface area contributed by atoms with Gasteiger partial charge in [-0.05, 0) is 38.0 Å². The highest BCUT2D eigenvalue weighted by Gasteiger charge is 2.71. The van der Waals surface area contributed by atoms with Crippen LogP contribution in [0.15, 0.2) is 0 Å². The molecule has 5 rings (SSSR count). The van der Waals surface area contributed by atoms with E-state index in [1.54, 1.807) is 0 Å². The number of carbonyl (C=O) groups is 3. The average molecular weight is 532 g/mol. The normalized spacial score (nSPS) is 36.3. The summed E-state index contributed by atoms with van der Waals surface area (Å²) in [5.41, 5.74) is -1.13. The summed E-state index contributed by atoms with van der Waals surface area (Å²) in [5.74, 6) is -9.62. The van der Waals surface area contributed by atoms with Gasteiger partial charge in [0.25, 0.3) is 0 Å². The lowest BCUT2D eigenvalue weighted by Crippen LogP contribution is -2.63. The Bertz CT molecular complexity index is 1010. The summed E-state index contributed by atoms with van der Waals surface area (Å²) in [6.07, 6.45) is -1.57. The first kappa shape index (κ1) is 26.1. The molecule has 0 amide bonds. The molecule has 3 unspecified atom stereocenters. The predicted molar refractivity (Wildman–Crippen MR) is 103 cm³/mol. The number of alkyl halides is 4. The van der Waals surface area contributed by atoms with Gasteiger partial charge in [-0.15, -0.1) is 0 Å². The SMILES string of the molecule is COC(=O)CC1OC2(OC1=O)C1CC3CC2CC(C(=O)OCCC(F)(F)C(F)(F)S(=O)(=O)O)(C3)C1. The summed E-state index contributed by atoms with van der Waals surface area (Å²) in [4.78, 5) is 36.9. The molecule has 0 aromatic rings. The third-order valence-electron chi connectivity index (χ3n) is 7.59. The summed E-state index contributed by atoms with van der Waals surface area (Å²) in [7, 11) is -5.22. The quantitative estimate of drug-likeness (QED) is 0.214. The smallest absolute Gasteiger partial charge is 0.431 e. The van der Waals surface area contributed by atoms with E-state index < -0.39 is 81.4 Å². The summed E-state index contributed by atoms with van der Waals surface area (Å²) in [6, 6.07) is 0. The Balaban J connectivity index is 1.43. The second-order valence-corrected chi connectivity index (χ2v) is 11.2. The predicted octanol–water partition coefficient (Wildman–Crippen LogP) is 2.06. The third kappa shape index (κ3) is 4.08. The van der Waals surface area contributed by atoms with Gasteiger partial charge in [0.2, 0.25) is 5.79 Å². The van der Waals surface area contributed by atoms with Gasteiger partial charge in [0.15, 0.2) is 6.10 Å². The molecule has 5 aliphatic rings. The van der Waals surface area contributed by atoms with Crippen LogP contribution in [0.4, 0.5) is 17.6 Å². The molecule has 198 valence electrons. The second-order valence-electron chi connectivity index (χ2n) is 9.74. The highest BCUT2D eigenvalue weighted by atomic mass is 32.2. The van der Waals surface area contributed by atoms with Crippen LogP contribution >= 0.6 is 0 Å². The van der Waals surface area contributed by atoms with Crippen molar-refractivity contribution >= 4 is 28.0 Å². The fraction of sp³-hybridized carbons (Fsp3) is 0.850. The average Bonchev–Trinajstić information content (AvgIpc) is 3.07. The molecule has 10 nitrogen and oxygen atoms in total. The lowest BCUT2D eigenvalue weighted by Gasteiger charge is -2.61. The highest BCUT2D eigenvalue weighted by Crippen LogP contribution is 2.66. The van der Waals surface area contributed by atoms with Crippen molar-refractivity contribution in [2.45, 2.75) is 68.0 Å². The maximum Gasteiger partial charge on any atom is 0.431 e. The van der Waals surface area contributed by atoms with Crippen LogP contribution in [-0.2, 0) is 43.4 Å². The van der Waals surface area contributed by atoms with Crippen molar-refractivity contribution in [3.63, 3.8) is 0 Å². The van der Waals surface area contributed by atoms with Gasteiger partial charge in [-0.25, -0.2) is 4.79 Å². The Morgan fingerprint density at radius 1 is 1.14 bits per heavy atom. The molecule has 15 heteroatoms. The number of halogens is 4. The Labute approximate surface area is 197 Å². The first-order valence-corrected chi connectivity index (χ1v) is 12.4. The van der Waals surface area contributed by atoms with E-state index in [9.17, 15) is 40.4 Å². The van der Waals surface area contributed by atoms with Crippen LogP contribution in [0.5, 0.6) is 0 Å². The molecular formula is C20H24F4O10S. The van der Waals surface area contributed by atoms with Crippen molar-refractivity contribution in [1.82, 2.24) is 0 Å². The lowest BCUT2D eigenvalue weighted by molar-refractivity contribution is -0.303. The minimum absolute atomic E-state index is 0.0259. The molecule has 4 aliphatic carbocycles. The molecule has 3 atom stereocenters. The van der Waals surface area contributed by atoms with E-state index >= 15 is 0 Å². The van der Waals surface area contributed by atoms with E-state index in [1.165, 1.54) is 0 Å². The molecule has 4 bridgehead atoms. The standard InChI is InChI=1S/C20H24F4O10S/c1-31-14(25)6-13-15(26)34-19(33-13)11-4-10-5-12(19)9-17(7-10,8-11)16(27)32-3-2-18(21,22)20(23,24)35(28,29)30/h10-13H,2-9H2,1H3,(H,28,29,30). The molecule has 0 aromatic heterocycles. The van der Waals surface area contributed by atoms with E-state index in [0.717, 1.165) is 7.11 Å². The fourth-order valence-electron chi connectivity index (χ4n) is 6.17. The van der Waals surface area contributed by atoms with Gasteiger partial charge in [-0.2, -0.15) is 26.0 Å². The molecule has 5 fully saturated rings. The monoisotopic (exact) mass is 532 g/mol. The van der Waals surface area contributed by atoms with Crippen molar-refractivity contribution in [1.29, 1.82) is 0 Å². The first-order chi connectivity index (χ1) is 16.1. The molecule has 1 N–H and O–H groups in total. The fourth-order valence-corrected chi connectivity index (χ4v) is 6.65. The zero-order chi connectivity index (χ0) is 26.0. The maximum atomic E-state index is 13.7. The minimum Gasteiger partial charge on any atom is -0.469 e. The number of ether oxygens (including phenoxy) is 4. The minimum atomic E-state index is -6.39. The Hall–Kier alpha value is -2.00. The van der Waals surface area contributed by atoms with E-state index in [2.05, 4.69) is 4.74 Å². The Morgan fingerprint density at radius 2 is 1.74 bits per heavy atom. The number of methoxy groups -OCH3 is 1. The van der Waals surface area contributed by atoms with Gasteiger partial charge in [-0.1, -0.05) is 0 Å². The molecule has 4 saturated carbocycles. The first-order valence-electron chi connectivity index (χ1n) is 10.9. The van der Waals surface area contributed by atoms with Gasteiger partial charge >= 0.3 is 39.2 Å². The Morgan fingerprint density at radius 3 is 2.29 bits per heavy atom. The lowest BCUT2D eigenvalue weighted by atomic mass is 9.47. The number of esters is 3. The summed E-state index contributed by atoms with van der Waals surface area (Å²) >= 11 is 0. The molecular weight excluding hydrogens is 508 g/mol. The van der Waals surface area contributed by atoms with Gasteiger partial charge in [-0.3, -0.25) is 14.1 Å². The van der Waals surface area contributed by atoms with E-state index in [-0.39, 0.29) is 25.2 Å². The molecule has 1 heterocycles. The molecule has 0 radical (unpaired) electrons. The van der Waals surface area contributed by atoms with Crippen LogP contribution in [0.1, 0.15) is 44.9 Å². The van der Waals surface area contributed by atoms with Gasteiger partial charge in [0.1, 0.15) is 0 Å². The van der Waals surface area contributed by atoms with E-state index in [1.807, 2.05) is 0 Å². The van der Waals surface area contributed by atoms with E-state index in [4.69, 9.17) is 18.8 Å². The molecule has 0 aromatic carbocycles. The number of hydrogen-bond acceptors (Lipinski definition) is 9. The van der Waals surface area contributed by atoms with Crippen LogP contribution in [0.25, 0.3) is 0 Å². The van der Waals surface area contributed by atoms with Gasteiger partial charge in [0, 0.05) is 11.8 Å². The van der Waals surface area contributed by atoms with Crippen LogP contribution in [0, 0.1) is 23.2 Å². The molecule has 1 aliphatic heterocycles. The third-order valence-corrected chi connectivity index (χ3v) is 8.54. The largest absolute Gasteiger partial charge is 0.469 e. The zero-order valence-corrected chi connectivity index (χ0v) is 19.3. The number of carbonyl (C=O) groups excluding carboxylic acids is 3. The molecule has 1 spiro atoms. The Kier molecular flexibility index (Phi) is 6.16. The molecule has 35 heavy (non-hydrogen) atoms. The van der Waals surface area contributed by atoms with Crippen molar-refractivity contribution in [2.75, 3.05) is 13.7 Å². The summed E-state index contributed by atoms with van der Waals surface area (Å²) in [6.45, 7) is -1.20. The van der Waals surface area contributed by atoms with E-state index in [0.29, 0.717) is 19.3 Å². The second kappa shape index (κ2) is 8.26. The van der Waals surface area contributed by atoms with Crippen molar-refractivity contribution in [2.24, 2.45) is 23.2 Å². The van der Waals surface area contributed by atoms with Crippen LogP contribution < -0.4 is 0 Å². The number of hydrogen-bond donors (Lipinski definition) is 1. The zero-order valence-electron chi connectivity index (χ0n) is 18.5. The molecule has 1 saturated heterocycles. The van der Waals surface area contributed by atoms with Gasteiger partial charge < -0.3 is 18.9 Å². The maximum absolute atomic E-state index is 13.7.